The second-order valence-electron chi connectivity index (χ2n) is 4.08. The van der Waals surface area contributed by atoms with E-state index >= 15 is 0 Å². The maximum absolute atomic E-state index is 11.8. The minimum absolute atomic E-state index is 0.0276. The Morgan fingerprint density at radius 3 is 2.88 bits per heavy atom. The van der Waals surface area contributed by atoms with Crippen molar-refractivity contribution in [1.82, 2.24) is 4.98 Å². The summed E-state index contributed by atoms with van der Waals surface area (Å²) >= 11 is 3.33. The number of carbonyl (C=O) groups is 1. The molecule has 1 rings (SSSR count). The van der Waals surface area contributed by atoms with Gasteiger partial charge in [-0.25, -0.2) is 4.98 Å². The van der Waals surface area contributed by atoms with Crippen LogP contribution in [0.15, 0.2) is 16.7 Å². The van der Waals surface area contributed by atoms with Crippen LogP contribution in [0.2, 0.25) is 0 Å². The summed E-state index contributed by atoms with van der Waals surface area (Å²) in [4.78, 5) is 15.9. The van der Waals surface area contributed by atoms with Gasteiger partial charge >= 0.3 is 0 Å². The van der Waals surface area contributed by atoms with Crippen molar-refractivity contribution in [3.8, 4) is 0 Å². The molecule has 0 aliphatic heterocycles. The molecule has 0 bridgehead atoms. The van der Waals surface area contributed by atoms with Crippen molar-refractivity contribution in [2.45, 2.75) is 26.7 Å². The van der Waals surface area contributed by atoms with Crippen molar-refractivity contribution in [3.63, 3.8) is 0 Å². The number of nitrogens with zero attached hydrogens (tertiary/aromatic N) is 1. The molecule has 0 aliphatic rings. The average Bonchev–Trinajstić information content (AvgIpc) is 2.29. The van der Waals surface area contributed by atoms with Crippen molar-refractivity contribution in [2.75, 3.05) is 11.9 Å². The molecule has 1 atom stereocenters. The first-order valence-corrected chi connectivity index (χ1v) is 6.48. The Hall–Kier alpha value is -0.940. The number of hydrogen-bond donors (Lipinski definition) is 2. The summed E-state index contributed by atoms with van der Waals surface area (Å²) in [5, 5.41) is 2.81. The molecule has 0 aliphatic carbocycles. The van der Waals surface area contributed by atoms with Gasteiger partial charge in [-0.1, -0.05) is 13.3 Å². The number of halogens is 1. The van der Waals surface area contributed by atoms with Crippen molar-refractivity contribution < 1.29 is 4.79 Å². The van der Waals surface area contributed by atoms with E-state index in [1.165, 1.54) is 0 Å². The van der Waals surface area contributed by atoms with Gasteiger partial charge < -0.3 is 11.1 Å². The largest absolute Gasteiger partial charge is 0.330 e. The fourth-order valence-corrected chi connectivity index (χ4v) is 1.96. The van der Waals surface area contributed by atoms with Gasteiger partial charge in [0.1, 0.15) is 5.82 Å². The van der Waals surface area contributed by atoms with Crippen LogP contribution in [0, 0.1) is 12.8 Å². The van der Waals surface area contributed by atoms with E-state index in [-0.39, 0.29) is 11.8 Å². The predicted octanol–water partition coefficient (Wildman–Crippen LogP) is 2.47. The Morgan fingerprint density at radius 1 is 1.65 bits per heavy atom. The fraction of sp³-hybridized carbons (Fsp3) is 0.500. The lowest BCUT2D eigenvalue weighted by molar-refractivity contribution is -0.117. The third-order valence-corrected chi connectivity index (χ3v) is 3.12. The number of nitrogens with two attached hydrogens (primary N) is 1. The van der Waals surface area contributed by atoms with Crippen LogP contribution in [0.25, 0.3) is 0 Å². The molecule has 3 N–H and O–H groups in total. The Kier molecular flexibility index (Phi) is 5.58. The average molecular weight is 300 g/mol. The lowest BCUT2D eigenvalue weighted by Gasteiger charge is -2.12. The number of aromatic nitrogens is 1. The molecule has 1 heterocycles. The van der Waals surface area contributed by atoms with Gasteiger partial charge in [0.25, 0.3) is 0 Å². The van der Waals surface area contributed by atoms with E-state index in [2.05, 4.69) is 26.2 Å². The maximum Gasteiger partial charge on any atom is 0.225 e. The molecule has 94 valence electrons. The summed E-state index contributed by atoms with van der Waals surface area (Å²) in [7, 11) is 0. The van der Waals surface area contributed by atoms with E-state index in [0.29, 0.717) is 18.8 Å². The summed E-state index contributed by atoms with van der Waals surface area (Å²) < 4.78 is 0.904. The number of nitrogens with one attached hydrogen (secondary N) is 1. The van der Waals surface area contributed by atoms with Crippen LogP contribution in [-0.2, 0) is 4.79 Å². The first-order chi connectivity index (χ1) is 8.06. The molecule has 0 fully saturated rings. The standard InChI is InChI=1S/C12H18BrN3O/c1-3-9(6-14)5-11(17)16-12-8(2)4-10(13)7-15-12/h4,7,9H,3,5-6,14H2,1-2H3,(H,15,16,17). The summed E-state index contributed by atoms with van der Waals surface area (Å²) in [6.07, 6.45) is 3.03. The van der Waals surface area contributed by atoms with E-state index in [9.17, 15) is 4.79 Å². The SMILES string of the molecule is CCC(CN)CC(=O)Nc1ncc(Br)cc1C. The Bertz CT molecular complexity index is 391. The van der Waals surface area contributed by atoms with Crippen molar-refractivity contribution in [2.24, 2.45) is 11.7 Å². The molecule has 0 spiro atoms. The highest BCUT2D eigenvalue weighted by Gasteiger charge is 2.12. The molecular weight excluding hydrogens is 282 g/mol. The molecule has 1 amide bonds. The van der Waals surface area contributed by atoms with Gasteiger partial charge in [0.2, 0.25) is 5.91 Å². The van der Waals surface area contributed by atoms with Crippen LogP contribution in [-0.4, -0.2) is 17.4 Å². The molecule has 5 heteroatoms. The van der Waals surface area contributed by atoms with E-state index in [1.807, 2.05) is 19.9 Å². The molecule has 0 radical (unpaired) electrons. The summed E-state index contributed by atoms with van der Waals surface area (Å²) in [6, 6.07) is 1.92. The van der Waals surface area contributed by atoms with Crippen LogP contribution in [0.5, 0.6) is 0 Å². The summed E-state index contributed by atoms with van der Waals surface area (Å²) in [6.45, 7) is 4.48. The molecule has 4 nitrogen and oxygen atoms in total. The topological polar surface area (TPSA) is 68.0 Å². The van der Waals surface area contributed by atoms with Crippen LogP contribution in [0.3, 0.4) is 0 Å². The van der Waals surface area contributed by atoms with Crippen LogP contribution in [0.4, 0.5) is 5.82 Å². The Balaban J connectivity index is 2.62. The minimum atomic E-state index is -0.0276. The van der Waals surface area contributed by atoms with Gasteiger partial charge in [-0.15, -0.1) is 0 Å². The smallest absolute Gasteiger partial charge is 0.225 e. The van der Waals surface area contributed by atoms with E-state index in [1.54, 1.807) is 6.20 Å². The van der Waals surface area contributed by atoms with E-state index in [0.717, 1.165) is 16.5 Å². The zero-order valence-electron chi connectivity index (χ0n) is 10.2. The monoisotopic (exact) mass is 299 g/mol. The molecule has 1 aromatic heterocycles. The molecule has 0 aromatic carbocycles. The third kappa shape index (κ3) is 4.44. The highest BCUT2D eigenvalue weighted by Crippen LogP contribution is 2.17. The number of hydrogen-bond acceptors (Lipinski definition) is 3. The Labute approximate surface area is 110 Å². The molecule has 0 saturated heterocycles. The van der Waals surface area contributed by atoms with Crippen molar-refractivity contribution in [3.05, 3.63) is 22.3 Å². The van der Waals surface area contributed by atoms with Crippen molar-refractivity contribution >= 4 is 27.7 Å². The molecule has 1 aromatic rings. The Morgan fingerprint density at radius 2 is 2.35 bits per heavy atom. The summed E-state index contributed by atoms with van der Waals surface area (Å²) in [5.74, 6) is 0.830. The number of rotatable bonds is 5. The van der Waals surface area contributed by atoms with Gasteiger partial charge in [0.05, 0.1) is 0 Å². The minimum Gasteiger partial charge on any atom is -0.330 e. The van der Waals surface area contributed by atoms with Crippen molar-refractivity contribution in [1.29, 1.82) is 0 Å². The lowest BCUT2D eigenvalue weighted by atomic mass is 10.0. The van der Waals surface area contributed by atoms with Gasteiger partial charge in [-0.3, -0.25) is 4.79 Å². The van der Waals surface area contributed by atoms with Gasteiger partial charge in [0, 0.05) is 17.1 Å². The number of pyridine rings is 1. The highest BCUT2D eigenvalue weighted by molar-refractivity contribution is 9.10. The zero-order chi connectivity index (χ0) is 12.8. The molecule has 1 unspecified atom stereocenters. The lowest BCUT2D eigenvalue weighted by Crippen LogP contribution is -2.22. The molecule has 17 heavy (non-hydrogen) atoms. The fourth-order valence-electron chi connectivity index (χ4n) is 1.51. The van der Waals surface area contributed by atoms with Crippen LogP contribution in [0.1, 0.15) is 25.3 Å². The molecule has 0 saturated carbocycles. The molecular formula is C12H18BrN3O. The van der Waals surface area contributed by atoms with Crippen LogP contribution >= 0.6 is 15.9 Å². The first-order valence-electron chi connectivity index (χ1n) is 5.68. The number of carbonyl (C=O) groups excluding carboxylic acids is 1. The van der Waals surface area contributed by atoms with Gasteiger partial charge in [0.15, 0.2) is 0 Å². The summed E-state index contributed by atoms with van der Waals surface area (Å²) in [5.41, 5.74) is 6.51. The normalized spacial score (nSPS) is 12.2. The second-order valence-corrected chi connectivity index (χ2v) is 5.00. The van der Waals surface area contributed by atoms with Gasteiger partial charge in [-0.05, 0) is 46.9 Å². The van der Waals surface area contributed by atoms with Crippen LogP contribution < -0.4 is 11.1 Å². The quantitative estimate of drug-likeness (QED) is 0.877. The highest BCUT2D eigenvalue weighted by atomic mass is 79.9. The third-order valence-electron chi connectivity index (χ3n) is 2.69. The maximum atomic E-state index is 11.8. The second kappa shape index (κ2) is 6.71. The zero-order valence-corrected chi connectivity index (χ0v) is 11.8. The van der Waals surface area contributed by atoms with E-state index < -0.39 is 0 Å². The number of anilines is 1. The number of aryl methyl sites for hydroxylation is 1. The van der Waals surface area contributed by atoms with E-state index in [4.69, 9.17) is 5.73 Å². The predicted molar refractivity (Wildman–Crippen MR) is 72.8 cm³/mol. The number of amides is 1. The first kappa shape index (κ1) is 14.1. The van der Waals surface area contributed by atoms with Gasteiger partial charge in [-0.2, -0.15) is 0 Å².